The van der Waals surface area contributed by atoms with Crippen molar-refractivity contribution in [2.24, 2.45) is 0 Å². The predicted octanol–water partition coefficient (Wildman–Crippen LogP) is 3.02. The number of rotatable bonds is 3. The fraction of sp³-hybridized carbons (Fsp3) is 0.571. The molecule has 18 heavy (non-hydrogen) atoms. The van der Waals surface area contributed by atoms with E-state index in [9.17, 15) is 9.50 Å². The minimum absolute atomic E-state index is 0.242. The molecule has 0 aromatic heterocycles. The predicted molar refractivity (Wildman–Crippen MR) is 74.1 cm³/mol. The summed E-state index contributed by atoms with van der Waals surface area (Å²) in [5.41, 5.74) is -0.147. The molecule has 1 fully saturated rings. The molecular formula is C14H19BrFNO. The van der Waals surface area contributed by atoms with Crippen molar-refractivity contribution in [1.82, 2.24) is 5.32 Å². The van der Waals surface area contributed by atoms with Crippen LogP contribution in [0.4, 0.5) is 4.39 Å². The maximum atomic E-state index is 13.8. The molecule has 4 heteroatoms. The van der Waals surface area contributed by atoms with Crippen molar-refractivity contribution in [1.29, 1.82) is 0 Å². The first-order valence-electron chi connectivity index (χ1n) is 6.36. The summed E-state index contributed by atoms with van der Waals surface area (Å²) in [7, 11) is 1.95. The summed E-state index contributed by atoms with van der Waals surface area (Å²) in [6.07, 6.45) is 3.76. The van der Waals surface area contributed by atoms with E-state index in [-0.39, 0.29) is 5.82 Å². The second-order valence-corrected chi connectivity index (χ2v) is 6.12. The summed E-state index contributed by atoms with van der Waals surface area (Å²) in [5.74, 6) is -0.242. The lowest BCUT2D eigenvalue weighted by Gasteiger charge is -2.36. The average Bonchev–Trinajstić information content (AvgIpc) is 2.34. The van der Waals surface area contributed by atoms with Crippen LogP contribution in [0.5, 0.6) is 0 Å². The van der Waals surface area contributed by atoms with Gasteiger partial charge in [-0.1, -0.05) is 22.0 Å². The minimum atomic E-state index is -0.748. The van der Waals surface area contributed by atoms with Crippen molar-refractivity contribution in [3.8, 4) is 0 Å². The first-order valence-corrected chi connectivity index (χ1v) is 7.15. The van der Waals surface area contributed by atoms with Crippen molar-refractivity contribution in [3.63, 3.8) is 0 Å². The third kappa shape index (κ3) is 3.31. The van der Waals surface area contributed by atoms with Crippen molar-refractivity contribution < 1.29 is 9.50 Å². The number of nitrogens with one attached hydrogen (secondary N) is 1. The first-order chi connectivity index (χ1) is 8.52. The van der Waals surface area contributed by atoms with Gasteiger partial charge < -0.3 is 10.4 Å². The maximum absolute atomic E-state index is 13.8. The smallest absolute Gasteiger partial charge is 0.127 e. The van der Waals surface area contributed by atoms with Crippen LogP contribution in [0.15, 0.2) is 22.7 Å². The molecule has 0 unspecified atom stereocenters. The molecule has 0 radical (unpaired) electrons. The lowest BCUT2D eigenvalue weighted by molar-refractivity contribution is -0.00308. The molecule has 1 saturated carbocycles. The number of halogens is 2. The van der Waals surface area contributed by atoms with E-state index in [2.05, 4.69) is 21.2 Å². The Labute approximate surface area is 116 Å². The second kappa shape index (κ2) is 5.68. The van der Waals surface area contributed by atoms with Gasteiger partial charge in [0, 0.05) is 16.9 Å². The molecule has 0 bridgehead atoms. The van der Waals surface area contributed by atoms with Crippen LogP contribution in [-0.4, -0.2) is 23.8 Å². The molecule has 0 spiro atoms. The highest BCUT2D eigenvalue weighted by atomic mass is 79.9. The molecule has 2 rings (SSSR count). The number of aliphatic hydroxyl groups is 1. The van der Waals surface area contributed by atoms with Crippen molar-refractivity contribution in [2.45, 2.75) is 43.7 Å². The second-order valence-electron chi connectivity index (χ2n) is 5.20. The standard InChI is InChI=1S/C14H19BrFNO/c1-17-12-4-6-14(18,7-5-12)9-10-2-3-11(15)8-13(10)16/h2-3,8,12,17-18H,4-7,9H2,1H3. The van der Waals surface area contributed by atoms with Gasteiger partial charge in [0.15, 0.2) is 0 Å². The minimum Gasteiger partial charge on any atom is -0.390 e. The molecule has 0 saturated heterocycles. The van der Waals surface area contributed by atoms with Gasteiger partial charge in [0.25, 0.3) is 0 Å². The van der Waals surface area contributed by atoms with Crippen LogP contribution in [0.3, 0.4) is 0 Å². The van der Waals surface area contributed by atoms with E-state index in [0.717, 1.165) is 30.2 Å². The Kier molecular flexibility index (Phi) is 4.41. The van der Waals surface area contributed by atoms with Gasteiger partial charge in [-0.3, -0.25) is 0 Å². The lowest BCUT2D eigenvalue weighted by atomic mass is 9.78. The van der Waals surface area contributed by atoms with Crippen LogP contribution >= 0.6 is 15.9 Å². The van der Waals surface area contributed by atoms with Crippen LogP contribution in [0.1, 0.15) is 31.2 Å². The molecule has 2 N–H and O–H groups in total. The molecule has 0 aliphatic heterocycles. The van der Waals surface area contributed by atoms with Crippen molar-refractivity contribution in [2.75, 3.05) is 7.05 Å². The molecule has 0 amide bonds. The third-order valence-electron chi connectivity index (χ3n) is 3.86. The summed E-state index contributed by atoms with van der Waals surface area (Å²) in [6.45, 7) is 0. The Hall–Kier alpha value is -0.450. The largest absolute Gasteiger partial charge is 0.390 e. The molecule has 100 valence electrons. The molecule has 0 atom stereocenters. The SMILES string of the molecule is CNC1CCC(O)(Cc2ccc(Br)cc2F)CC1. The van der Waals surface area contributed by atoms with Gasteiger partial charge in [0.2, 0.25) is 0 Å². The Morgan fingerprint density at radius 3 is 2.67 bits per heavy atom. The lowest BCUT2D eigenvalue weighted by Crippen LogP contribution is -2.41. The fourth-order valence-electron chi connectivity index (χ4n) is 2.64. The van der Waals surface area contributed by atoms with E-state index < -0.39 is 5.60 Å². The number of hydrogen-bond acceptors (Lipinski definition) is 2. The molecule has 1 aromatic rings. The molecular weight excluding hydrogens is 297 g/mol. The maximum Gasteiger partial charge on any atom is 0.127 e. The quantitative estimate of drug-likeness (QED) is 0.898. The zero-order valence-corrected chi connectivity index (χ0v) is 12.1. The van der Waals surface area contributed by atoms with Gasteiger partial charge >= 0.3 is 0 Å². The van der Waals surface area contributed by atoms with Crippen molar-refractivity contribution in [3.05, 3.63) is 34.1 Å². The highest BCUT2D eigenvalue weighted by Crippen LogP contribution is 2.32. The van der Waals surface area contributed by atoms with Gasteiger partial charge in [0.1, 0.15) is 5.82 Å². The van der Waals surface area contributed by atoms with E-state index >= 15 is 0 Å². The van der Waals surface area contributed by atoms with E-state index in [1.54, 1.807) is 6.07 Å². The molecule has 0 heterocycles. The molecule has 1 aliphatic carbocycles. The van der Waals surface area contributed by atoms with Crippen LogP contribution in [-0.2, 0) is 6.42 Å². The Morgan fingerprint density at radius 2 is 2.11 bits per heavy atom. The molecule has 1 aromatic carbocycles. The molecule has 1 aliphatic rings. The monoisotopic (exact) mass is 315 g/mol. The van der Waals surface area contributed by atoms with Gasteiger partial charge in [-0.05, 0) is 50.4 Å². The van der Waals surface area contributed by atoms with Crippen LogP contribution in [0, 0.1) is 5.82 Å². The Balaban J connectivity index is 2.04. The summed E-state index contributed by atoms with van der Waals surface area (Å²) in [5, 5.41) is 13.8. The van der Waals surface area contributed by atoms with Gasteiger partial charge in [-0.2, -0.15) is 0 Å². The average molecular weight is 316 g/mol. The van der Waals surface area contributed by atoms with Crippen LogP contribution in [0.25, 0.3) is 0 Å². The summed E-state index contributed by atoms with van der Waals surface area (Å²) < 4.78 is 14.5. The van der Waals surface area contributed by atoms with E-state index in [4.69, 9.17) is 0 Å². The van der Waals surface area contributed by atoms with Crippen LogP contribution in [0.2, 0.25) is 0 Å². The highest BCUT2D eigenvalue weighted by molar-refractivity contribution is 9.10. The van der Waals surface area contributed by atoms with E-state index in [0.29, 0.717) is 18.0 Å². The summed E-state index contributed by atoms with van der Waals surface area (Å²) in [6, 6.07) is 5.51. The van der Waals surface area contributed by atoms with E-state index in [1.165, 1.54) is 6.07 Å². The van der Waals surface area contributed by atoms with Gasteiger partial charge in [-0.15, -0.1) is 0 Å². The fourth-order valence-corrected chi connectivity index (χ4v) is 2.97. The topological polar surface area (TPSA) is 32.3 Å². The van der Waals surface area contributed by atoms with Gasteiger partial charge in [0.05, 0.1) is 5.60 Å². The normalized spacial score (nSPS) is 28.3. The Bertz CT molecular complexity index is 416. The first kappa shape index (κ1) is 14.0. The summed E-state index contributed by atoms with van der Waals surface area (Å²) in [4.78, 5) is 0. The number of hydrogen-bond donors (Lipinski definition) is 2. The Morgan fingerprint density at radius 1 is 1.44 bits per heavy atom. The third-order valence-corrected chi connectivity index (χ3v) is 4.35. The van der Waals surface area contributed by atoms with E-state index in [1.807, 2.05) is 13.1 Å². The zero-order valence-electron chi connectivity index (χ0n) is 10.5. The van der Waals surface area contributed by atoms with Crippen molar-refractivity contribution >= 4 is 15.9 Å². The molecule has 2 nitrogen and oxygen atoms in total. The zero-order chi connectivity index (χ0) is 13.2. The van der Waals surface area contributed by atoms with Gasteiger partial charge in [-0.25, -0.2) is 4.39 Å². The van der Waals surface area contributed by atoms with Crippen LogP contribution < -0.4 is 5.32 Å². The highest BCUT2D eigenvalue weighted by Gasteiger charge is 2.33. The number of benzene rings is 1. The summed E-state index contributed by atoms with van der Waals surface area (Å²) >= 11 is 3.24.